The van der Waals surface area contributed by atoms with Crippen molar-refractivity contribution < 1.29 is 14.7 Å². The molecule has 0 fully saturated rings. The summed E-state index contributed by atoms with van der Waals surface area (Å²) in [6.07, 6.45) is 0.683. The van der Waals surface area contributed by atoms with E-state index < -0.39 is 23.5 Å². The zero-order valence-electron chi connectivity index (χ0n) is 9.70. The number of rotatable bonds is 5. The van der Waals surface area contributed by atoms with Crippen molar-refractivity contribution in [3.63, 3.8) is 0 Å². The molecule has 5 heteroatoms. The Labute approximate surface area is 90.0 Å². The van der Waals surface area contributed by atoms with Crippen molar-refractivity contribution in [2.75, 3.05) is 0 Å². The van der Waals surface area contributed by atoms with Crippen LogP contribution in [0, 0.1) is 5.92 Å². The van der Waals surface area contributed by atoms with Crippen LogP contribution in [-0.2, 0) is 9.59 Å². The topological polar surface area (TPSA) is 92.4 Å². The molecule has 0 aliphatic heterocycles. The fourth-order valence-corrected chi connectivity index (χ4v) is 1.01. The summed E-state index contributed by atoms with van der Waals surface area (Å²) in [5.41, 5.74) is 4.51. The van der Waals surface area contributed by atoms with Gasteiger partial charge >= 0.3 is 5.97 Å². The number of carboxylic acids is 1. The second-order valence-electron chi connectivity index (χ2n) is 4.40. The molecule has 0 aliphatic rings. The van der Waals surface area contributed by atoms with Crippen molar-refractivity contribution >= 4 is 11.9 Å². The molecule has 0 unspecified atom stereocenters. The molecule has 15 heavy (non-hydrogen) atoms. The smallest absolute Gasteiger partial charge is 0.326 e. The van der Waals surface area contributed by atoms with Crippen LogP contribution in [0.4, 0.5) is 0 Å². The number of aliphatic carboxylic acids is 1. The van der Waals surface area contributed by atoms with Gasteiger partial charge in [0.2, 0.25) is 5.91 Å². The van der Waals surface area contributed by atoms with Gasteiger partial charge in [-0.1, -0.05) is 20.3 Å². The van der Waals surface area contributed by atoms with Crippen molar-refractivity contribution in [1.29, 1.82) is 0 Å². The number of carbonyl (C=O) groups excluding carboxylic acids is 1. The molecule has 88 valence electrons. The lowest BCUT2D eigenvalue weighted by atomic mass is 9.97. The van der Waals surface area contributed by atoms with Crippen LogP contribution >= 0.6 is 0 Å². The van der Waals surface area contributed by atoms with Gasteiger partial charge in [0.1, 0.15) is 6.04 Å². The van der Waals surface area contributed by atoms with Gasteiger partial charge < -0.3 is 16.2 Å². The molecule has 0 aromatic heterocycles. The summed E-state index contributed by atoms with van der Waals surface area (Å²) in [4.78, 5) is 22.4. The standard InChI is InChI=1S/C10H20N2O3/c1-5-6(2)7(8(13)14)12-9(15)10(3,4)11/h6-7H,5,11H2,1-4H3,(H,12,15)(H,13,14)/t6-,7-/m0/s1. The molecule has 4 N–H and O–H groups in total. The molecule has 0 saturated carbocycles. The first kappa shape index (κ1) is 13.9. The highest BCUT2D eigenvalue weighted by Crippen LogP contribution is 2.09. The summed E-state index contributed by atoms with van der Waals surface area (Å²) in [5.74, 6) is -1.59. The lowest BCUT2D eigenvalue weighted by Crippen LogP contribution is -2.55. The van der Waals surface area contributed by atoms with Gasteiger partial charge in [-0.25, -0.2) is 4.79 Å². The van der Waals surface area contributed by atoms with Gasteiger partial charge in [0.05, 0.1) is 5.54 Å². The summed E-state index contributed by atoms with van der Waals surface area (Å²) in [6, 6.07) is -0.870. The molecule has 0 bridgehead atoms. The minimum absolute atomic E-state index is 0.117. The predicted molar refractivity (Wildman–Crippen MR) is 57.3 cm³/mol. The summed E-state index contributed by atoms with van der Waals surface area (Å²) in [6.45, 7) is 6.73. The number of hydrogen-bond donors (Lipinski definition) is 3. The van der Waals surface area contributed by atoms with E-state index in [9.17, 15) is 9.59 Å². The molecule has 0 aromatic carbocycles. The third kappa shape index (κ3) is 4.29. The quantitative estimate of drug-likeness (QED) is 0.618. The Bertz CT molecular complexity index is 246. The average molecular weight is 216 g/mol. The monoisotopic (exact) mass is 216 g/mol. The maximum Gasteiger partial charge on any atom is 0.326 e. The molecule has 0 rings (SSSR count). The van der Waals surface area contributed by atoms with Gasteiger partial charge in [-0.2, -0.15) is 0 Å². The van der Waals surface area contributed by atoms with Crippen molar-refractivity contribution in [1.82, 2.24) is 5.32 Å². The Morgan fingerprint density at radius 3 is 2.20 bits per heavy atom. The van der Waals surface area contributed by atoms with E-state index in [-0.39, 0.29) is 5.92 Å². The minimum atomic E-state index is -1.05. The highest BCUT2D eigenvalue weighted by Gasteiger charge is 2.30. The van der Waals surface area contributed by atoms with Crippen LogP contribution in [0.5, 0.6) is 0 Å². The highest BCUT2D eigenvalue weighted by molar-refractivity contribution is 5.89. The Balaban J connectivity index is 4.57. The molecule has 0 aromatic rings. The largest absolute Gasteiger partial charge is 0.480 e. The Kier molecular flexibility index (Phi) is 4.74. The normalized spacial score (nSPS) is 15.5. The first-order valence-corrected chi connectivity index (χ1v) is 5.02. The molecule has 2 atom stereocenters. The second-order valence-corrected chi connectivity index (χ2v) is 4.40. The Morgan fingerprint density at radius 1 is 1.47 bits per heavy atom. The predicted octanol–water partition coefficient (Wildman–Crippen LogP) is 0.339. The molecular weight excluding hydrogens is 196 g/mol. The van der Waals surface area contributed by atoms with Crippen LogP contribution in [0.25, 0.3) is 0 Å². The van der Waals surface area contributed by atoms with Crippen LogP contribution in [0.15, 0.2) is 0 Å². The zero-order chi connectivity index (χ0) is 12.2. The van der Waals surface area contributed by atoms with E-state index in [2.05, 4.69) is 5.32 Å². The maximum absolute atomic E-state index is 11.5. The van der Waals surface area contributed by atoms with E-state index in [0.717, 1.165) is 0 Å². The van der Waals surface area contributed by atoms with Crippen molar-refractivity contribution in [2.45, 2.75) is 45.7 Å². The molecular formula is C10H20N2O3. The van der Waals surface area contributed by atoms with Gasteiger partial charge in [0, 0.05) is 0 Å². The summed E-state index contributed by atoms with van der Waals surface area (Å²) >= 11 is 0. The average Bonchev–Trinajstić information content (AvgIpc) is 2.10. The van der Waals surface area contributed by atoms with Crippen LogP contribution < -0.4 is 11.1 Å². The number of hydrogen-bond acceptors (Lipinski definition) is 3. The highest BCUT2D eigenvalue weighted by atomic mass is 16.4. The van der Waals surface area contributed by atoms with E-state index in [1.807, 2.05) is 6.92 Å². The Hall–Kier alpha value is -1.10. The number of carbonyl (C=O) groups is 2. The molecule has 0 spiro atoms. The van der Waals surface area contributed by atoms with Gasteiger partial charge in [-0.05, 0) is 19.8 Å². The fourth-order valence-electron chi connectivity index (χ4n) is 1.01. The number of nitrogens with one attached hydrogen (secondary N) is 1. The van der Waals surface area contributed by atoms with E-state index in [0.29, 0.717) is 6.42 Å². The van der Waals surface area contributed by atoms with Crippen LogP contribution in [0.2, 0.25) is 0 Å². The van der Waals surface area contributed by atoms with E-state index >= 15 is 0 Å². The van der Waals surface area contributed by atoms with Crippen LogP contribution in [-0.4, -0.2) is 28.6 Å². The van der Waals surface area contributed by atoms with Gasteiger partial charge in [0.25, 0.3) is 0 Å². The van der Waals surface area contributed by atoms with Crippen molar-refractivity contribution in [3.05, 3.63) is 0 Å². The SMILES string of the molecule is CC[C@H](C)[C@H](NC(=O)C(C)(C)N)C(=O)O. The van der Waals surface area contributed by atoms with Gasteiger partial charge in [-0.15, -0.1) is 0 Å². The lowest BCUT2D eigenvalue weighted by Gasteiger charge is -2.25. The molecule has 0 saturated heterocycles. The zero-order valence-corrected chi connectivity index (χ0v) is 9.70. The van der Waals surface area contributed by atoms with Gasteiger partial charge in [-0.3, -0.25) is 4.79 Å². The molecule has 0 heterocycles. The van der Waals surface area contributed by atoms with Crippen molar-refractivity contribution in [2.24, 2.45) is 11.7 Å². The summed E-state index contributed by atoms with van der Waals surface area (Å²) in [5, 5.41) is 11.4. The molecule has 1 amide bonds. The molecule has 0 radical (unpaired) electrons. The Morgan fingerprint density at radius 2 is 1.93 bits per heavy atom. The third-order valence-electron chi connectivity index (χ3n) is 2.35. The third-order valence-corrected chi connectivity index (χ3v) is 2.35. The van der Waals surface area contributed by atoms with Crippen LogP contribution in [0.1, 0.15) is 34.1 Å². The first-order valence-electron chi connectivity index (χ1n) is 5.02. The molecule has 0 aliphatic carbocycles. The molecule has 5 nitrogen and oxygen atoms in total. The number of carboxylic acid groups (broad SMARTS) is 1. The van der Waals surface area contributed by atoms with Crippen LogP contribution in [0.3, 0.4) is 0 Å². The van der Waals surface area contributed by atoms with E-state index in [1.54, 1.807) is 6.92 Å². The fraction of sp³-hybridized carbons (Fsp3) is 0.800. The second kappa shape index (κ2) is 5.11. The number of nitrogens with two attached hydrogens (primary N) is 1. The number of amides is 1. The van der Waals surface area contributed by atoms with E-state index in [1.165, 1.54) is 13.8 Å². The van der Waals surface area contributed by atoms with E-state index in [4.69, 9.17) is 10.8 Å². The minimum Gasteiger partial charge on any atom is -0.480 e. The van der Waals surface area contributed by atoms with Gasteiger partial charge in [0.15, 0.2) is 0 Å². The summed E-state index contributed by atoms with van der Waals surface area (Å²) in [7, 11) is 0. The first-order chi connectivity index (χ1) is 6.70. The van der Waals surface area contributed by atoms with Crippen molar-refractivity contribution in [3.8, 4) is 0 Å². The maximum atomic E-state index is 11.5. The lowest BCUT2D eigenvalue weighted by molar-refractivity contribution is -0.144. The summed E-state index contributed by atoms with van der Waals surface area (Å²) < 4.78 is 0.